The van der Waals surface area contributed by atoms with Gasteiger partial charge >= 0.3 is 0 Å². The molecule has 4 aromatic rings. The van der Waals surface area contributed by atoms with E-state index >= 15 is 0 Å². The van der Waals surface area contributed by atoms with Crippen molar-refractivity contribution in [3.05, 3.63) is 71.7 Å². The van der Waals surface area contributed by atoms with Crippen molar-refractivity contribution in [2.75, 3.05) is 32.6 Å². The van der Waals surface area contributed by atoms with Gasteiger partial charge in [0.05, 0.1) is 5.52 Å². The third-order valence-electron chi connectivity index (χ3n) is 5.33. The zero-order valence-corrected chi connectivity index (χ0v) is 18.0. The van der Waals surface area contributed by atoms with Crippen molar-refractivity contribution in [3.8, 4) is 0 Å². The Morgan fingerprint density at radius 2 is 1.90 bits per heavy atom. The first-order chi connectivity index (χ1) is 15.0. The van der Waals surface area contributed by atoms with Crippen LogP contribution in [-0.2, 0) is 13.0 Å². The van der Waals surface area contributed by atoms with Gasteiger partial charge in [-0.05, 0) is 47.9 Å². The number of pyridine rings is 1. The molecule has 160 valence electrons. The van der Waals surface area contributed by atoms with E-state index in [1.165, 1.54) is 12.1 Å². The van der Waals surface area contributed by atoms with Gasteiger partial charge in [0.2, 0.25) is 0 Å². The van der Waals surface area contributed by atoms with Crippen LogP contribution in [0.4, 0.5) is 10.2 Å². The largest absolute Gasteiger partial charge is 0.363 e. The number of nitrogens with zero attached hydrogens (tertiary/aromatic N) is 3. The molecule has 0 amide bonds. The van der Waals surface area contributed by atoms with E-state index in [1.54, 1.807) is 7.05 Å². The molecule has 31 heavy (non-hydrogen) atoms. The van der Waals surface area contributed by atoms with Crippen molar-refractivity contribution in [3.63, 3.8) is 0 Å². The molecule has 6 nitrogen and oxygen atoms in total. The lowest BCUT2D eigenvalue weighted by molar-refractivity contribution is 0.629. The molecule has 0 fully saturated rings. The lowest BCUT2D eigenvalue weighted by atomic mass is 10.1. The van der Waals surface area contributed by atoms with Crippen LogP contribution < -0.4 is 15.5 Å². The molecule has 0 aliphatic heterocycles. The molecule has 3 N–H and O–H groups in total. The smallest absolute Gasteiger partial charge is 0.191 e. The summed E-state index contributed by atoms with van der Waals surface area (Å²) in [6, 6.07) is 15.1. The second-order valence-corrected chi connectivity index (χ2v) is 7.66. The van der Waals surface area contributed by atoms with Gasteiger partial charge in [0.25, 0.3) is 0 Å². The number of anilines is 1. The van der Waals surface area contributed by atoms with Gasteiger partial charge in [-0.2, -0.15) is 0 Å². The summed E-state index contributed by atoms with van der Waals surface area (Å²) in [4.78, 5) is 14.2. The van der Waals surface area contributed by atoms with Crippen LogP contribution in [0, 0.1) is 5.82 Å². The molecular formula is C24H27FN6. The van der Waals surface area contributed by atoms with Gasteiger partial charge in [-0.1, -0.05) is 18.2 Å². The molecule has 2 aromatic heterocycles. The van der Waals surface area contributed by atoms with E-state index in [0.29, 0.717) is 13.1 Å². The Balaban J connectivity index is 1.41. The Morgan fingerprint density at radius 1 is 1.06 bits per heavy atom. The highest BCUT2D eigenvalue weighted by atomic mass is 19.1. The van der Waals surface area contributed by atoms with Gasteiger partial charge < -0.3 is 20.5 Å². The molecule has 0 saturated carbocycles. The maximum Gasteiger partial charge on any atom is 0.191 e. The number of H-pyrrole nitrogens is 1. The van der Waals surface area contributed by atoms with Crippen LogP contribution in [0.25, 0.3) is 21.8 Å². The summed E-state index contributed by atoms with van der Waals surface area (Å²) in [6.07, 6.45) is 2.74. The fourth-order valence-corrected chi connectivity index (χ4v) is 3.69. The van der Waals surface area contributed by atoms with E-state index in [4.69, 9.17) is 4.98 Å². The highest BCUT2D eigenvalue weighted by Gasteiger charge is 2.09. The third-order valence-corrected chi connectivity index (χ3v) is 5.33. The normalized spacial score (nSPS) is 11.8. The summed E-state index contributed by atoms with van der Waals surface area (Å²) >= 11 is 0. The Hall–Kier alpha value is -3.61. The first kappa shape index (κ1) is 20.7. The maximum atomic E-state index is 13.4. The molecule has 0 bridgehead atoms. The summed E-state index contributed by atoms with van der Waals surface area (Å²) in [6.45, 7) is 1.35. The zero-order chi connectivity index (χ0) is 21.8. The second-order valence-electron chi connectivity index (χ2n) is 7.66. The molecule has 0 spiro atoms. The highest BCUT2D eigenvalue weighted by molar-refractivity contribution is 5.86. The predicted molar refractivity (Wildman–Crippen MR) is 126 cm³/mol. The van der Waals surface area contributed by atoms with Gasteiger partial charge in [-0.15, -0.1) is 0 Å². The quantitative estimate of drug-likeness (QED) is 0.329. The van der Waals surface area contributed by atoms with Gasteiger partial charge in [0, 0.05) is 56.7 Å². The number of rotatable bonds is 6. The average molecular weight is 419 g/mol. The lowest BCUT2D eigenvalue weighted by Gasteiger charge is -2.17. The molecule has 4 rings (SSSR count). The Bertz CT molecular complexity index is 1230. The first-order valence-corrected chi connectivity index (χ1v) is 10.3. The molecule has 2 heterocycles. The number of hydrogen-bond acceptors (Lipinski definition) is 3. The fraction of sp³-hybridized carbons (Fsp3) is 0.250. The number of benzene rings is 2. The molecule has 7 heteroatoms. The predicted octanol–water partition coefficient (Wildman–Crippen LogP) is 3.83. The molecule has 0 radical (unpaired) electrons. The van der Waals surface area contributed by atoms with Crippen molar-refractivity contribution in [1.29, 1.82) is 0 Å². The first-order valence-electron chi connectivity index (χ1n) is 10.3. The van der Waals surface area contributed by atoms with Crippen molar-refractivity contribution >= 4 is 33.6 Å². The average Bonchev–Trinajstić information content (AvgIpc) is 3.17. The highest BCUT2D eigenvalue weighted by Crippen LogP contribution is 2.22. The van der Waals surface area contributed by atoms with Crippen LogP contribution >= 0.6 is 0 Å². The number of para-hydroxylation sites is 1. The van der Waals surface area contributed by atoms with Gasteiger partial charge in [0.1, 0.15) is 11.6 Å². The minimum atomic E-state index is -0.232. The van der Waals surface area contributed by atoms with Crippen LogP contribution in [0.2, 0.25) is 0 Å². The van der Waals surface area contributed by atoms with E-state index in [1.807, 2.05) is 49.5 Å². The molecule has 0 atom stereocenters. The number of guanidine groups is 1. The number of fused-ring (bicyclic) bond motifs is 2. The topological polar surface area (TPSA) is 68.3 Å². The Morgan fingerprint density at radius 3 is 2.71 bits per heavy atom. The number of halogens is 1. The zero-order valence-electron chi connectivity index (χ0n) is 18.0. The number of nitrogens with one attached hydrogen (secondary N) is 3. The molecule has 0 unspecified atom stereocenters. The van der Waals surface area contributed by atoms with Crippen LogP contribution in [0.15, 0.2) is 59.7 Å². The van der Waals surface area contributed by atoms with E-state index < -0.39 is 0 Å². The Kier molecular flexibility index (Phi) is 6.02. The summed E-state index contributed by atoms with van der Waals surface area (Å²) in [5.74, 6) is 1.43. The number of aliphatic imine (C=N–C) groups is 1. The van der Waals surface area contributed by atoms with E-state index in [0.717, 1.165) is 51.1 Å². The van der Waals surface area contributed by atoms with Gasteiger partial charge in [-0.25, -0.2) is 9.37 Å². The van der Waals surface area contributed by atoms with Crippen molar-refractivity contribution in [2.24, 2.45) is 4.99 Å². The van der Waals surface area contributed by atoms with E-state index in [-0.39, 0.29) is 5.82 Å². The number of aromatic nitrogens is 2. The standard InChI is InChI=1S/C24H27FN6/c1-26-24(27-11-10-16-14-28-22-13-18(25)8-9-20(16)22)29-15-17-12-23(31(2)3)30-21-7-5-4-6-19(17)21/h4-9,12-14,28H,10-11,15H2,1-3H3,(H2,26,27,29). The summed E-state index contributed by atoms with van der Waals surface area (Å²) in [5, 5.41) is 8.94. The van der Waals surface area contributed by atoms with Crippen LogP contribution in [0.5, 0.6) is 0 Å². The van der Waals surface area contributed by atoms with Crippen molar-refractivity contribution in [1.82, 2.24) is 20.6 Å². The van der Waals surface area contributed by atoms with Gasteiger partial charge in [0.15, 0.2) is 5.96 Å². The fourth-order valence-electron chi connectivity index (χ4n) is 3.69. The Labute approximate surface area is 181 Å². The van der Waals surface area contributed by atoms with Crippen LogP contribution in [0.3, 0.4) is 0 Å². The van der Waals surface area contributed by atoms with Crippen molar-refractivity contribution in [2.45, 2.75) is 13.0 Å². The molecular weight excluding hydrogens is 391 g/mol. The second kappa shape index (κ2) is 9.04. The molecule has 0 aliphatic carbocycles. The third kappa shape index (κ3) is 4.60. The lowest BCUT2D eigenvalue weighted by Crippen LogP contribution is -2.37. The van der Waals surface area contributed by atoms with E-state index in [9.17, 15) is 4.39 Å². The summed E-state index contributed by atoms with van der Waals surface area (Å²) in [7, 11) is 5.75. The summed E-state index contributed by atoms with van der Waals surface area (Å²) < 4.78 is 13.4. The van der Waals surface area contributed by atoms with Crippen LogP contribution in [-0.4, -0.2) is 43.6 Å². The van der Waals surface area contributed by atoms with Crippen LogP contribution in [0.1, 0.15) is 11.1 Å². The van der Waals surface area contributed by atoms with Gasteiger partial charge in [-0.3, -0.25) is 4.99 Å². The molecule has 2 aromatic carbocycles. The van der Waals surface area contributed by atoms with E-state index in [2.05, 4.69) is 32.7 Å². The molecule has 0 aliphatic rings. The number of hydrogen-bond donors (Lipinski definition) is 3. The molecule has 0 saturated heterocycles. The van der Waals surface area contributed by atoms with Crippen molar-refractivity contribution < 1.29 is 4.39 Å². The summed E-state index contributed by atoms with van der Waals surface area (Å²) in [5.41, 5.74) is 4.10. The monoisotopic (exact) mass is 418 g/mol. The SMILES string of the molecule is CN=C(NCCc1c[nH]c2cc(F)ccc12)NCc1cc(N(C)C)nc2ccccc12. The minimum Gasteiger partial charge on any atom is -0.363 e. The maximum absolute atomic E-state index is 13.4. The number of aromatic amines is 1. The minimum absolute atomic E-state index is 0.232.